The third-order valence-electron chi connectivity index (χ3n) is 6.02. The van der Waals surface area contributed by atoms with Gasteiger partial charge in [-0.05, 0) is 56.0 Å². The van der Waals surface area contributed by atoms with E-state index < -0.39 is 14.9 Å². The van der Waals surface area contributed by atoms with Crippen LogP contribution in [0.3, 0.4) is 0 Å². The number of nitro benzene ring substituents is 1. The number of hydrogen-bond donors (Lipinski definition) is 1. The van der Waals surface area contributed by atoms with Crippen LogP contribution in [0.2, 0.25) is 0 Å². The zero-order valence-corrected chi connectivity index (χ0v) is 20.5. The molecule has 0 unspecified atom stereocenters. The molecule has 10 heteroatoms. The molecule has 0 radical (unpaired) electrons. The number of nitrogens with one attached hydrogen (secondary N) is 1. The minimum atomic E-state index is -3.68. The summed E-state index contributed by atoms with van der Waals surface area (Å²) >= 11 is 0. The molecule has 2 aromatic rings. The van der Waals surface area contributed by atoms with Crippen LogP contribution in [-0.4, -0.2) is 50.0 Å². The van der Waals surface area contributed by atoms with Crippen molar-refractivity contribution in [3.8, 4) is 0 Å². The lowest BCUT2D eigenvalue weighted by atomic mass is 10.1. The second kappa shape index (κ2) is 11.4. The van der Waals surface area contributed by atoms with Crippen LogP contribution in [0.25, 0.3) is 0 Å². The fourth-order valence-corrected chi connectivity index (χ4v) is 5.19. The van der Waals surface area contributed by atoms with Crippen molar-refractivity contribution < 1.29 is 18.1 Å². The zero-order chi connectivity index (χ0) is 24.7. The molecule has 0 spiro atoms. The number of likely N-dealkylation sites (tertiary alicyclic amines) is 1. The van der Waals surface area contributed by atoms with Gasteiger partial charge in [-0.1, -0.05) is 30.3 Å². The first-order chi connectivity index (χ1) is 16.1. The van der Waals surface area contributed by atoms with E-state index in [2.05, 4.69) is 16.3 Å². The maximum Gasteiger partial charge on any atom is 0.271 e. The van der Waals surface area contributed by atoms with Crippen molar-refractivity contribution in [3.63, 3.8) is 0 Å². The minimum absolute atomic E-state index is 0.0554. The second-order valence-electron chi connectivity index (χ2n) is 8.70. The fourth-order valence-electron chi connectivity index (χ4n) is 4.18. The van der Waals surface area contributed by atoms with Gasteiger partial charge in [0.15, 0.2) is 0 Å². The first-order valence-electron chi connectivity index (χ1n) is 11.4. The van der Waals surface area contributed by atoms with Gasteiger partial charge in [-0.3, -0.25) is 24.1 Å². The van der Waals surface area contributed by atoms with E-state index in [1.807, 2.05) is 18.2 Å². The summed E-state index contributed by atoms with van der Waals surface area (Å²) in [4.78, 5) is 25.5. The molecule has 184 valence electrons. The Bertz CT molecular complexity index is 1130. The molecule has 0 aromatic heterocycles. The lowest BCUT2D eigenvalue weighted by Crippen LogP contribution is -2.32. The van der Waals surface area contributed by atoms with E-state index in [1.54, 1.807) is 6.92 Å². The van der Waals surface area contributed by atoms with Gasteiger partial charge < -0.3 is 5.32 Å². The number of benzene rings is 2. The minimum Gasteiger partial charge on any atom is -0.352 e. The molecule has 9 nitrogen and oxygen atoms in total. The molecule has 1 aliphatic rings. The highest BCUT2D eigenvalue weighted by Gasteiger charge is 2.22. The molecule has 34 heavy (non-hydrogen) atoms. The summed E-state index contributed by atoms with van der Waals surface area (Å²) in [7, 11) is -3.68. The summed E-state index contributed by atoms with van der Waals surface area (Å²) in [5.74, 6) is -0.166. The number of nitro groups is 1. The molecular weight excluding hydrogens is 456 g/mol. The van der Waals surface area contributed by atoms with Gasteiger partial charge in [0.1, 0.15) is 0 Å². The van der Waals surface area contributed by atoms with Crippen molar-refractivity contribution in [2.45, 2.75) is 45.7 Å². The van der Waals surface area contributed by atoms with Crippen LogP contribution in [0.1, 0.15) is 42.4 Å². The summed E-state index contributed by atoms with van der Waals surface area (Å²) in [6.07, 6.45) is 3.94. The molecule has 0 atom stereocenters. The average molecular weight is 489 g/mol. The third kappa shape index (κ3) is 7.01. The zero-order valence-electron chi connectivity index (χ0n) is 19.7. The first-order valence-corrected chi connectivity index (χ1v) is 13.3. The van der Waals surface area contributed by atoms with Gasteiger partial charge in [0.2, 0.25) is 15.9 Å². The molecule has 1 saturated heterocycles. The SMILES string of the molecule is Cc1ccc([N+](=O)[O-])cc1N(CCCC(=O)NCc1ccccc1CN1CCCC1)S(C)(=O)=O. The van der Waals surface area contributed by atoms with Gasteiger partial charge in [-0.25, -0.2) is 8.42 Å². The Morgan fingerprint density at radius 3 is 2.47 bits per heavy atom. The van der Waals surface area contributed by atoms with Gasteiger partial charge in [0.05, 0.1) is 16.9 Å². The quantitative estimate of drug-likeness (QED) is 0.383. The van der Waals surface area contributed by atoms with Crippen molar-refractivity contribution in [2.24, 2.45) is 0 Å². The smallest absolute Gasteiger partial charge is 0.271 e. The van der Waals surface area contributed by atoms with Crippen LogP contribution in [0, 0.1) is 17.0 Å². The van der Waals surface area contributed by atoms with Gasteiger partial charge in [-0.2, -0.15) is 0 Å². The second-order valence-corrected chi connectivity index (χ2v) is 10.6. The monoisotopic (exact) mass is 488 g/mol. The maximum atomic E-state index is 12.5. The highest BCUT2D eigenvalue weighted by atomic mass is 32.2. The predicted molar refractivity (Wildman–Crippen MR) is 132 cm³/mol. The number of carbonyl (C=O) groups is 1. The standard InChI is InChI=1S/C24H32N4O5S/c1-19-11-12-22(28(30)31)16-23(19)27(34(2,32)33)15-7-10-24(29)25-17-20-8-3-4-9-21(20)18-26-13-5-6-14-26/h3-4,8-9,11-12,16H,5-7,10,13-15,17-18H2,1-2H3,(H,25,29). The summed E-state index contributed by atoms with van der Waals surface area (Å²) < 4.78 is 25.9. The number of carbonyl (C=O) groups excluding carboxylic acids is 1. The number of sulfonamides is 1. The van der Waals surface area contributed by atoms with Crippen LogP contribution >= 0.6 is 0 Å². The predicted octanol–water partition coefficient (Wildman–Crippen LogP) is 3.36. The Hall–Kier alpha value is -2.98. The van der Waals surface area contributed by atoms with Gasteiger partial charge in [0.25, 0.3) is 5.69 Å². The molecule has 1 fully saturated rings. The Kier molecular flexibility index (Phi) is 8.62. The topological polar surface area (TPSA) is 113 Å². The van der Waals surface area contributed by atoms with Crippen molar-refractivity contribution in [3.05, 3.63) is 69.3 Å². The Labute approximate surface area is 201 Å². The van der Waals surface area contributed by atoms with Gasteiger partial charge >= 0.3 is 0 Å². The summed E-state index contributed by atoms with van der Waals surface area (Å²) in [6, 6.07) is 12.2. The van der Waals surface area contributed by atoms with Crippen LogP contribution in [0.15, 0.2) is 42.5 Å². The van der Waals surface area contributed by atoms with Crippen LogP contribution in [-0.2, 0) is 27.9 Å². The lowest BCUT2D eigenvalue weighted by molar-refractivity contribution is -0.384. The number of aryl methyl sites for hydroxylation is 1. The van der Waals surface area contributed by atoms with E-state index in [0.29, 0.717) is 12.1 Å². The summed E-state index contributed by atoms with van der Waals surface area (Å²) in [6.45, 7) is 5.24. The van der Waals surface area contributed by atoms with E-state index in [4.69, 9.17) is 0 Å². The van der Waals surface area contributed by atoms with Gasteiger partial charge in [-0.15, -0.1) is 0 Å². The average Bonchev–Trinajstić information content (AvgIpc) is 3.29. The fraction of sp³-hybridized carbons (Fsp3) is 0.458. The Morgan fingerprint density at radius 1 is 1.15 bits per heavy atom. The molecular formula is C24H32N4O5S. The van der Waals surface area contributed by atoms with Crippen LogP contribution < -0.4 is 9.62 Å². The molecule has 1 N–H and O–H groups in total. The number of anilines is 1. The number of hydrogen-bond acceptors (Lipinski definition) is 6. The largest absolute Gasteiger partial charge is 0.352 e. The molecule has 1 heterocycles. The summed E-state index contributed by atoms with van der Waals surface area (Å²) in [5.41, 5.74) is 2.96. The van der Waals surface area contributed by atoms with Crippen molar-refractivity contribution in [2.75, 3.05) is 30.2 Å². The van der Waals surface area contributed by atoms with E-state index >= 15 is 0 Å². The maximum absolute atomic E-state index is 12.5. The number of non-ortho nitro benzene ring substituents is 1. The van der Waals surface area contributed by atoms with E-state index in [1.165, 1.54) is 36.6 Å². The van der Waals surface area contributed by atoms with Crippen LogP contribution in [0.5, 0.6) is 0 Å². The molecule has 2 aromatic carbocycles. The highest BCUT2D eigenvalue weighted by Crippen LogP contribution is 2.27. The van der Waals surface area contributed by atoms with Crippen molar-refractivity contribution in [1.82, 2.24) is 10.2 Å². The lowest BCUT2D eigenvalue weighted by Gasteiger charge is -2.24. The Balaban J connectivity index is 1.57. The third-order valence-corrected chi connectivity index (χ3v) is 7.20. The number of nitrogens with zero attached hydrogens (tertiary/aromatic N) is 3. The molecule has 1 aliphatic heterocycles. The van der Waals surface area contributed by atoms with E-state index in [9.17, 15) is 23.3 Å². The first kappa shape index (κ1) is 25.6. The molecule has 0 saturated carbocycles. The van der Waals surface area contributed by atoms with Crippen molar-refractivity contribution in [1.29, 1.82) is 0 Å². The number of rotatable bonds is 11. The molecule has 3 rings (SSSR count). The Morgan fingerprint density at radius 2 is 1.82 bits per heavy atom. The number of amides is 1. The van der Waals surface area contributed by atoms with E-state index in [-0.39, 0.29) is 36.7 Å². The normalized spacial score (nSPS) is 14.2. The van der Waals surface area contributed by atoms with E-state index in [0.717, 1.165) is 35.8 Å². The van der Waals surface area contributed by atoms with Crippen molar-refractivity contribution >= 4 is 27.3 Å². The van der Waals surface area contributed by atoms with Crippen LogP contribution in [0.4, 0.5) is 11.4 Å². The summed E-state index contributed by atoms with van der Waals surface area (Å²) in [5, 5.41) is 14.1. The molecule has 1 amide bonds. The molecule has 0 bridgehead atoms. The highest BCUT2D eigenvalue weighted by molar-refractivity contribution is 7.92. The van der Waals surface area contributed by atoms with Gasteiger partial charge in [0, 0.05) is 38.2 Å². The molecule has 0 aliphatic carbocycles.